The molecule has 38 heavy (non-hydrogen) atoms. The standard InChI is InChI=1S/C35H53FN2/c1-11-33(38(12-2)26-34(7,8)9)32(29(5)31-16-14-13-15-17-31)19-18-28(4)37(10)25-21-27(3)20-22-35(23-24-35)30(6)36/h11,13-19,21,25,29-30H,3,12,20,22-24,26H2,1-2,4-10H3/b25-21-,28-18+,32-19-,33-11-. The van der Waals surface area contributed by atoms with Crippen molar-refractivity contribution >= 4 is 0 Å². The minimum atomic E-state index is -0.722. The second-order valence-corrected chi connectivity index (χ2v) is 12.4. The maximum Gasteiger partial charge on any atom is 0.103 e. The molecule has 1 aliphatic carbocycles. The molecule has 0 amide bonds. The average molecular weight is 521 g/mol. The zero-order valence-electron chi connectivity index (χ0n) is 25.7. The van der Waals surface area contributed by atoms with Gasteiger partial charge in [0.05, 0.1) is 0 Å². The van der Waals surface area contributed by atoms with E-state index in [0.29, 0.717) is 0 Å². The second-order valence-electron chi connectivity index (χ2n) is 12.4. The lowest BCUT2D eigenvalue weighted by Gasteiger charge is -2.35. The van der Waals surface area contributed by atoms with E-state index in [9.17, 15) is 4.39 Å². The maximum atomic E-state index is 13.9. The molecule has 0 saturated heterocycles. The minimum absolute atomic E-state index is 0.0843. The molecule has 1 aromatic carbocycles. The summed E-state index contributed by atoms with van der Waals surface area (Å²) in [5.74, 6) is 0.258. The van der Waals surface area contributed by atoms with E-state index >= 15 is 0 Å². The molecule has 1 aliphatic rings. The van der Waals surface area contributed by atoms with Crippen LogP contribution in [0, 0.1) is 10.8 Å². The van der Waals surface area contributed by atoms with Gasteiger partial charge in [0.15, 0.2) is 0 Å². The normalized spacial score (nSPS) is 17.9. The first-order valence-electron chi connectivity index (χ1n) is 14.4. The SMILES string of the molecule is C=C(/C=C\N(C)/C(C)=C/C=C(\C(=C\C)N(CC)CC(C)(C)C)C(C)c1ccccc1)CCC1(C(C)F)CC1. The van der Waals surface area contributed by atoms with Gasteiger partial charge in [-0.2, -0.15) is 0 Å². The van der Waals surface area contributed by atoms with Gasteiger partial charge in [-0.25, -0.2) is 4.39 Å². The van der Waals surface area contributed by atoms with Crippen molar-refractivity contribution in [1.82, 2.24) is 9.80 Å². The van der Waals surface area contributed by atoms with Crippen molar-refractivity contribution in [2.45, 2.75) is 93.2 Å². The van der Waals surface area contributed by atoms with Gasteiger partial charge in [-0.1, -0.05) is 82.3 Å². The molecule has 1 saturated carbocycles. The summed E-state index contributed by atoms with van der Waals surface area (Å²) in [5.41, 5.74) is 6.26. The highest BCUT2D eigenvalue weighted by molar-refractivity contribution is 5.42. The topological polar surface area (TPSA) is 6.48 Å². The molecule has 0 heterocycles. The molecule has 0 radical (unpaired) electrons. The largest absolute Gasteiger partial charge is 0.371 e. The molecule has 0 N–H and O–H groups in total. The Morgan fingerprint density at radius 1 is 1.13 bits per heavy atom. The second kappa shape index (κ2) is 14.0. The van der Waals surface area contributed by atoms with Crippen molar-refractivity contribution in [3.8, 4) is 0 Å². The van der Waals surface area contributed by atoms with Crippen LogP contribution in [0.5, 0.6) is 0 Å². The Labute approximate surface area is 233 Å². The van der Waals surface area contributed by atoms with Gasteiger partial charge in [0.1, 0.15) is 6.17 Å². The van der Waals surface area contributed by atoms with E-state index in [0.717, 1.165) is 50.0 Å². The van der Waals surface area contributed by atoms with Crippen LogP contribution < -0.4 is 0 Å². The summed E-state index contributed by atoms with van der Waals surface area (Å²) in [4.78, 5) is 4.65. The van der Waals surface area contributed by atoms with Gasteiger partial charge >= 0.3 is 0 Å². The summed E-state index contributed by atoms with van der Waals surface area (Å²) in [7, 11) is 2.07. The fourth-order valence-electron chi connectivity index (χ4n) is 5.01. The number of alkyl halides is 1. The summed E-state index contributed by atoms with van der Waals surface area (Å²) < 4.78 is 13.9. The van der Waals surface area contributed by atoms with Gasteiger partial charge in [-0.3, -0.25) is 0 Å². The van der Waals surface area contributed by atoms with E-state index in [-0.39, 0.29) is 16.7 Å². The molecule has 0 spiro atoms. The fourth-order valence-corrected chi connectivity index (χ4v) is 5.01. The van der Waals surface area contributed by atoms with Crippen LogP contribution in [0.2, 0.25) is 0 Å². The third kappa shape index (κ3) is 9.33. The first kappa shape index (κ1) is 31.7. The predicted octanol–water partition coefficient (Wildman–Crippen LogP) is 9.81. The molecule has 0 aliphatic heterocycles. The summed E-state index contributed by atoms with van der Waals surface area (Å²) >= 11 is 0. The van der Waals surface area contributed by atoms with Crippen molar-refractivity contribution < 1.29 is 4.39 Å². The quantitative estimate of drug-likeness (QED) is 0.225. The summed E-state index contributed by atoms with van der Waals surface area (Å²) in [5, 5.41) is 0. The fraction of sp³-hybridized carbons (Fsp3) is 0.543. The number of hydrogen-bond donors (Lipinski definition) is 0. The van der Waals surface area contributed by atoms with Gasteiger partial charge in [0, 0.05) is 49.1 Å². The molecule has 2 unspecified atom stereocenters. The van der Waals surface area contributed by atoms with Crippen LogP contribution in [0.1, 0.15) is 92.6 Å². The number of halogens is 1. The van der Waals surface area contributed by atoms with Crippen molar-refractivity contribution in [1.29, 1.82) is 0 Å². The molecular weight excluding hydrogens is 467 g/mol. The van der Waals surface area contributed by atoms with E-state index in [2.05, 4.69) is 133 Å². The van der Waals surface area contributed by atoms with Gasteiger partial charge in [-0.15, -0.1) is 0 Å². The Morgan fingerprint density at radius 2 is 1.76 bits per heavy atom. The van der Waals surface area contributed by atoms with Crippen LogP contribution in [0.4, 0.5) is 4.39 Å². The van der Waals surface area contributed by atoms with E-state index < -0.39 is 6.17 Å². The van der Waals surface area contributed by atoms with Crippen LogP contribution in [-0.4, -0.2) is 36.1 Å². The third-order valence-electron chi connectivity index (χ3n) is 8.00. The Hall–Kier alpha value is -2.55. The van der Waals surface area contributed by atoms with Crippen LogP contribution in [0.15, 0.2) is 90.0 Å². The van der Waals surface area contributed by atoms with Gasteiger partial charge in [-0.05, 0) is 82.1 Å². The first-order valence-corrected chi connectivity index (χ1v) is 14.4. The lowest BCUT2D eigenvalue weighted by molar-refractivity contribution is 0.217. The number of benzene rings is 1. The lowest BCUT2D eigenvalue weighted by Crippen LogP contribution is -2.33. The average Bonchev–Trinajstić information content (AvgIpc) is 3.68. The lowest BCUT2D eigenvalue weighted by atomic mass is 9.88. The molecule has 1 fully saturated rings. The monoisotopic (exact) mass is 520 g/mol. The number of nitrogens with zero attached hydrogens (tertiary/aromatic N) is 2. The van der Waals surface area contributed by atoms with Crippen molar-refractivity contribution in [3.63, 3.8) is 0 Å². The molecule has 2 nitrogen and oxygen atoms in total. The van der Waals surface area contributed by atoms with E-state index in [1.54, 1.807) is 6.92 Å². The predicted molar refractivity (Wildman–Crippen MR) is 165 cm³/mol. The highest BCUT2D eigenvalue weighted by Crippen LogP contribution is 2.54. The van der Waals surface area contributed by atoms with E-state index in [4.69, 9.17) is 0 Å². The number of allylic oxidation sites excluding steroid dienone is 7. The highest BCUT2D eigenvalue weighted by atomic mass is 19.1. The number of rotatable bonds is 14. The first-order chi connectivity index (χ1) is 17.8. The number of likely N-dealkylation sites (N-methyl/N-ethyl adjacent to an activating group) is 1. The molecule has 2 atom stereocenters. The summed E-state index contributed by atoms with van der Waals surface area (Å²) in [6, 6.07) is 10.8. The maximum absolute atomic E-state index is 13.9. The van der Waals surface area contributed by atoms with E-state index in [1.807, 2.05) is 0 Å². The Bertz CT molecular complexity index is 1020. The van der Waals surface area contributed by atoms with Crippen molar-refractivity contribution in [3.05, 3.63) is 95.5 Å². The molecule has 0 bridgehead atoms. The van der Waals surface area contributed by atoms with Gasteiger partial charge in [0.2, 0.25) is 0 Å². The van der Waals surface area contributed by atoms with Crippen LogP contribution in [-0.2, 0) is 0 Å². The van der Waals surface area contributed by atoms with Crippen LogP contribution >= 0.6 is 0 Å². The molecule has 1 aromatic rings. The zero-order chi connectivity index (χ0) is 28.5. The number of hydrogen-bond acceptors (Lipinski definition) is 2. The van der Waals surface area contributed by atoms with Crippen LogP contribution in [0.25, 0.3) is 0 Å². The smallest absolute Gasteiger partial charge is 0.103 e. The molecule has 3 heteroatoms. The van der Waals surface area contributed by atoms with Gasteiger partial charge in [0.25, 0.3) is 0 Å². The summed E-state index contributed by atoms with van der Waals surface area (Å²) in [6.07, 6.45) is 14.0. The van der Waals surface area contributed by atoms with E-state index in [1.165, 1.54) is 16.8 Å². The Balaban J connectivity index is 2.26. The molecular formula is C35H53FN2. The minimum Gasteiger partial charge on any atom is -0.371 e. The Morgan fingerprint density at radius 3 is 2.26 bits per heavy atom. The molecule has 2 rings (SSSR count). The highest BCUT2D eigenvalue weighted by Gasteiger charge is 2.47. The Kier molecular flexibility index (Phi) is 11.7. The van der Waals surface area contributed by atoms with Gasteiger partial charge < -0.3 is 9.80 Å². The summed E-state index contributed by atoms with van der Waals surface area (Å²) in [6.45, 7) is 23.6. The van der Waals surface area contributed by atoms with Crippen LogP contribution in [0.3, 0.4) is 0 Å². The van der Waals surface area contributed by atoms with Crippen molar-refractivity contribution in [2.24, 2.45) is 10.8 Å². The molecule has 0 aromatic heterocycles. The zero-order valence-corrected chi connectivity index (χ0v) is 25.7. The van der Waals surface area contributed by atoms with Crippen molar-refractivity contribution in [2.75, 3.05) is 20.1 Å². The molecule has 210 valence electrons. The third-order valence-corrected chi connectivity index (χ3v) is 8.00.